The van der Waals surface area contributed by atoms with Gasteiger partial charge < -0.3 is 5.73 Å². The molecule has 1 rings (SSSR count). The molecule has 0 radical (unpaired) electrons. The van der Waals surface area contributed by atoms with Crippen molar-refractivity contribution in [2.45, 2.75) is 24.5 Å². The van der Waals surface area contributed by atoms with Crippen LogP contribution in [0.15, 0.2) is 0 Å². The number of hydrogen-bond donors (Lipinski definition) is 1. The maximum Gasteiger partial charge on any atom is 0.235 e. The third kappa shape index (κ3) is 1.71. The summed E-state index contributed by atoms with van der Waals surface area (Å²) in [6.07, 6.45) is 1.84. The second kappa shape index (κ2) is 2.81. The lowest BCUT2D eigenvalue weighted by Crippen LogP contribution is -2.39. The Kier molecular flexibility index (Phi) is 2.17. The van der Waals surface area contributed by atoms with Crippen molar-refractivity contribution < 1.29 is 13.2 Å². The first kappa shape index (κ1) is 8.52. The summed E-state index contributed by atoms with van der Waals surface area (Å²) in [7, 11) is -3.20. The maximum atomic E-state index is 11.1. The fourth-order valence-corrected chi connectivity index (χ4v) is 3.04. The van der Waals surface area contributed by atoms with Gasteiger partial charge in [0, 0.05) is 0 Å². The third-order valence-electron chi connectivity index (χ3n) is 1.90. The number of nitrogens with two attached hydrogens (primary N) is 1. The quantitative estimate of drug-likeness (QED) is 0.583. The summed E-state index contributed by atoms with van der Waals surface area (Å²) in [6, 6.07) is 0. The summed E-state index contributed by atoms with van der Waals surface area (Å²) in [5, 5.41) is -0.920. The predicted octanol–water partition coefficient (Wildman–Crippen LogP) is -0.561. The lowest BCUT2D eigenvalue weighted by atomic mass is 10.2. The number of carbonyl (C=O) groups is 1. The largest absolute Gasteiger partial charge is 0.369 e. The molecule has 1 heterocycles. The molecular formula is C6H11NO3S. The highest BCUT2D eigenvalue weighted by Crippen LogP contribution is 2.18. The second-order valence-corrected chi connectivity index (χ2v) is 5.06. The van der Waals surface area contributed by atoms with Crippen LogP contribution in [0.1, 0.15) is 19.3 Å². The van der Waals surface area contributed by atoms with Crippen LogP contribution in [0.2, 0.25) is 0 Å². The molecule has 1 atom stereocenters. The molecule has 0 spiro atoms. The SMILES string of the molecule is NC(=O)C1CCCCS1(=O)=O. The maximum absolute atomic E-state index is 11.1. The van der Waals surface area contributed by atoms with Gasteiger partial charge in [-0.2, -0.15) is 0 Å². The minimum absolute atomic E-state index is 0.112. The van der Waals surface area contributed by atoms with Crippen LogP contribution in [0.25, 0.3) is 0 Å². The first-order chi connectivity index (χ1) is 5.04. The van der Waals surface area contributed by atoms with Gasteiger partial charge in [-0.15, -0.1) is 0 Å². The molecule has 11 heavy (non-hydrogen) atoms. The van der Waals surface area contributed by atoms with Gasteiger partial charge in [-0.25, -0.2) is 8.42 Å². The van der Waals surface area contributed by atoms with Gasteiger partial charge in [0.2, 0.25) is 5.91 Å². The third-order valence-corrected chi connectivity index (χ3v) is 4.09. The number of carbonyl (C=O) groups excluding carboxylic acids is 1. The van der Waals surface area contributed by atoms with E-state index >= 15 is 0 Å². The minimum atomic E-state index is -3.20. The molecule has 0 aromatic carbocycles. The molecule has 1 aliphatic rings. The van der Waals surface area contributed by atoms with E-state index in [1.165, 1.54) is 0 Å². The molecule has 0 aromatic heterocycles. The second-order valence-electron chi connectivity index (χ2n) is 2.75. The van der Waals surface area contributed by atoms with Gasteiger partial charge in [-0.1, -0.05) is 6.42 Å². The Labute approximate surface area is 65.7 Å². The number of amides is 1. The fourth-order valence-electron chi connectivity index (χ4n) is 1.27. The van der Waals surface area contributed by atoms with E-state index in [1.54, 1.807) is 0 Å². The summed E-state index contributed by atoms with van der Waals surface area (Å²) in [4.78, 5) is 10.6. The van der Waals surface area contributed by atoms with Crippen molar-refractivity contribution in [1.29, 1.82) is 0 Å². The van der Waals surface area contributed by atoms with Crippen LogP contribution in [0.4, 0.5) is 0 Å². The van der Waals surface area contributed by atoms with Gasteiger partial charge >= 0.3 is 0 Å². The van der Waals surface area contributed by atoms with Crippen molar-refractivity contribution in [3.63, 3.8) is 0 Å². The van der Waals surface area contributed by atoms with Gasteiger partial charge in [0.25, 0.3) is 0 Å². The van der Waals surface area contributed by atoms with Crippen LogP contribution in [0, 0.1) is 0 Å². The van der Waals surface area contributed by atoms with Crippen molar-refractivity contribution >= 4 is 15.7 Å². The van der Waals surface area contributed by atoms with Crippen LogP contribution in [-0.2, 0) is 14.6 Å². The molecule has 0 saturated carbocycles. The zero-order valence-corrected chi connectivity index (χ0v) is 6.93. The van der Waals surface area contributed by atoms with E-state index in [4.69, 9.17) is 5.73 Å². The number of sulfone groups is 1. The Morgan fingerprint density at radius 3 is 2.36 bits per heavy atom. The zero-order valence-electron chi connectivity index (χ0n) is 6.12. The average molecular weight is 177 g/mol. The number of primary amides is 1. The first-order valence-corrected chi connectivity index (χ1v) is 5.26. The van der Waals surface area contributed by atoms with Gasteiger partial charge in [-0.05, 0) is 12.8 Å². The van der Waals surface area contributed by atoms with E-state index in [9.17, 15) is 13.2 Å². The molecule has 0 bridgehead atoms. The highest BCUT2D eigenvalue weighted by Gasteiger charge is 2.32. The highest BCUT2D eigenvalue weighted by molar-refractivity contribution is 7.92. The van der Waals surface area contributed by atoms with E-state index < -0.39 is 21.0 Å². The topological polar surface area (TPSA) is 77.2 Å². The first-order valence-electron chi connectivity index (χ1n) is 3.55. The van der Waals surface area contributed by atoms with Crippen LogP contribution in [0.5, 0.6) is 0 Å². The predicted molar refractivity (Wildman–Crippen MR) is 40.6 cm³/mol. The highest BCUT2D eigenvalue weighted by atomic mass is 32.2. The van der Waals surface area contributed by atoms with Crippen molar-refractivity contribution in [1.82, 2.24) is 0 Å². The van der Waals surface area contributed by atoms with Crippen LogP contribution >= 0.6 is 0 Å². The van der Waals surface area contributed by atoms with Crippen molar-refractivity contribution in [3.05, 3.63) is 0 Å². The summed E-state index contributed by atoms with van der Waals surface area (Å²) in [5.74, 6) is -0.592. The van der Waals surface area contributed by atoms with E-state index in [0.717, 1.165) is 6.42 Å². The van der Waals surface area contributed by atoms with E-state index in [0.29, 0.717) is 12.8 Å². The fraction of sp³-hybridized carbons (Fsp3) is 0.833. The van der Waals surface area contributed by atoms with Crippen LogP contribution in [0.3, 0.4) is 0 Å². The van der Waals surface area contributed by atoms with Gasteiger partial charge in [0.15, 0.2) is 9.84 Å². The van der Waals surface area contributed by atoms with E-state index in [-0.39, 0.29) is 5.75 Å². The molecule has 4 nitrogen and oxygen atoms in total. The number of hydrogen-bond acceptors (Lipinski definition) is 3. The normalized spacial score (nSPS) is 29.6. The lowest BCUT2D eigenvalue weighted by Gasteiger charge is -2.18. The summed E-state index contributed by atoms with van der Waals surface area (Å²) >= 11 is 0. The Morgan fingerprint density at radius 2 is 2.00 bits per heavy atom. The molecular weight excluding hydrogens is 166 g/mol. The molecule has 64 valence electrons. The Balaban J connectivity index is 2.85. The molecule has 1 fully saturated rings. The standard InChI is InChI=1S/C6H11NO3S/c7-6(8)5-3-1-2-4-11(5,9)10/h5H,1-4H2,(H2,7,8). The Bertz CT molecular complexity index is 257. The molecule has 1 saturated heterocycles. The summed E-state index contributed by atoms with van der Waals surface area (Å²) < 4.78 is 22.2. The van der Waals surface area contributed by atoms with Gasteiger partial charge in [0.1, 0.15) is 5.25 Å². The van der Waals surface area contributed by atoms with Crippen LogP contribution < -0.4 is 5.73 Å². The lowest BCUT2D eigenvalue weighted by molar-refractivity contribution is -0.117. The molecule has 1 aliphatic heterocycles. The minimum Gasteiger partial charge on any atom is -0.369 e. The van der Waals surface area contributed by atoms with Crippen molar-refractivity contribution in [2.75, 3.05) is 5.75 Å². The Hall–Kier alpha value is -0.580. The molecule has 1 amide bonds. The van der Waals surface area contributed by atoms with Crippen LogP contribution in [-0.4, -0.2) is 25.3 Å². The molecule has 0 aliphatic carbocycles. The van der Waals surface area contributed by atoms with E-state index in [2.05, 4.69) is 0 Å². The number of rotatable bonds is 1. The molecule has 1 unspecified atom stereocenters. The monoisotopic (exact) mass is 177 g/mol. The van der Waals surface area contributed by atoms with Crippen molar-refractivity contribution in [2.24, 2.45) is 5.73 Å². The van der Waals surface area contributed by atoms with Gasteiger partial charge in [0.05, 0.1) is 5.75 Å². The van der Waals surface area contributed by atoms with E-state index in [1.807, 2.05) is 0 Å². The van der Waals surface area contributed by atoms with Gasteiger partial charge in [-0.3, -0.25) is 4.79 Å². The van der Waals surface area contributed by atoms with Crippen molar-refractivity contribution in [3.8, 4) is 0 Å². The Morgan fingerprint density at radius 1 is 1.36 bits per heavy atom. The average Bonchev–Trinajstić information content (AvgIpc) is 1.85. The molecule has 0 aromatic rings. The summed E-state index contributed by atoms with van der Waals surface area (Å²) in [6.45, 7) is 0. The zero-order chi connectivity index (χ0) is 8.48. The molecule has 5 heteroatoms. The molecule has 2 N–H and O–H groups in total. The smallest absolute Gasteiger partial charge is 0.235 e. The summed E-state index contributed by atoms with van der Waals surface area (Å²) in [5.41, 5.74) is 4.92.